The molecule has 1 aromatic carbocycles. The minimum atomic E-state index is 1.06. The van der Waals surface area contributed by atoms with Gasteiger partial charge < -0.3 is 4.57 Å². The van der Waals surface area contributed by atoms with E-state index in [0.29, 0.717) is 0 Å². The number of aryl methyl sites for hydroxylation is 1. The van der Waals surface area contributed by atoms with Crippen molar-refractivity contribution in [3.8, 4) is 0 Å². The van der Waals surface area contributed by atoms with Gasteiger partial charge in [0.25, 0.3) is 0 Å². The number of aromatic nitrogens is 1. The number of para-hydroxylation sites is 1. The first kappa shape index (κ1) is 9.46. The van der Waals surface area contributed by atoms with Crippen molar-refractivity contribution in [2.24, 2.45) is 7.05 Å². The summed E-state index contributed by atoms with van der Waals surface area (Å²) in [5, 5.41) is 1.35. The third kappa shape index (κ3) is 1.25. The van der Waals surface area contributed by atoms with Crippen LogP contribution in [0.4, 0.5) is 0 Å². The van der Waals surface area contributed by atoms with Crippen molar-refractivity contribution < 1.29 is 0 Å². The smallest absolute Gasteiger partial charge is 0.0488 e. The van der Waals surface area contributed by atoms with Crippen molar-refractivity contribution in [2.75, 3.05) is 0 Å². The van der Waals surface area contributed by atoms with Crippen LogP contribution in [-0.4, -0.2) is 4.57 Å². The van der Waals surface area contributed by atoms with E-state index in [4.69, 9.17) is 0 Å². The van der Waals surface area contributed by atoms with Crippen LogP contribution in [0.25, 0.3) is 23.1 Å². The van der Waals surface area contributed by atoms with E-state index in [0.717, 1.165) is 6.42 Å². The number of fused-ring (bicyclic) bond motifs is 3. The maximum atomic E-state index is 2.30. The van der Waals surface area contributed by atoms with Gasteiger partial charge in [-0.2, -0.15) is 0 Å². The van der Waals surface area contributed by atoms with Gasteiger partial charge in [-0.25, -0.2) is 0 Å². The van der Waals surface area contributed by atoms with Crippen molar-refractivity contribution in [1.29, 1.82) is 0 Å². The van der Waals surface area contributed by atoms with Gasteiger partial charge in [0.1, 0.15) is 0 Å². The minimum Gasteiger partial charge on any atom is -0.344 e. The molecule has 0 radical (unpaired) electrons. The molecule has 0 atom stereocenters. The predicted octanol–water partition coefficient (Wildman–Crippen LogP) is 4.00. The van der Waals surface area contributed by atoms with E-state index in [1.165, 1.54) is 27.7 Å². The zero-order chi connectivity index (χ0) is 11.1. The fourth-order valence-electron chi connectivity index (χ4n) is 2.45. The molecule has 0 amide bonds. The molecule has 0 N–H and O–H groups in total. The van der Waals surface area contributed by atoms with Crippen molar-refractivity contribution in [3.63, 3.8) is 0 Å². The molecule has 0 unspecified atom stereocenters. The maximum Gasteiger partial charge on any atom is 0.0488 e. The molecule has 0 aliphatic heterocycles. The van der Waals surface area contributed by atoms with Crippen LogP contribution in [0.2, 0.25) is 0 Å². The van der Waals surface area contributed by atoms with E-state index in [1.54, 1.807) is 0 Å². The van der Waals surface area contributed by atoms with Gasteiger partial charge in [0.05, 0.1) is 0 Å². The summed E-state index contributed by atoms with van der Waals surface area (Å²) in [6.07, 6.45) is 7.87. The Kier molecular flexibility index (Phi) is 2.00. The van der Waals surface area contributed by atoms with Crippen molar-refractivity contribution in [3.05, 3.63) is 47.2 Å². The summed E-state index contributed by atoms with van der Waals surface area (Å²) < 4.78 is 2.28. The first-order valence-electron chi connectivity index (χ1n) is 5.68. The van der Waals surface area contributed by atoms with Gasteiger partial charge in [-0.15, -0.1) is 0 Å². The zero-order valence-corrected chi connectivity index (χ0v) is 9.70. The summed E-state index contributed by atoms with van der Waals surface area (Å²) in [6, 6.07) is 8.59. The SMILES string of the molecule is CC1=Cc2c(c3ccccc3n2C)C=CC1. The minimum absolute atomic E-state index is 1.06. The fraction of sp³-hybridized carbons (Fsp3) is 0.200. The molecule has 2 aromatic rings. The molecule has 3 rings (SSSR count). The quantitative estimate of drug-likeness (QED) is 0.618. The molecule has 80 valence electrons. The van der Waals surface area contributed by atoms with Gasteiger partial charge in [-0.05, 0) is 25.5 Å². The second kappa shape index (κ2) is 3.38. The molecule has 0 fully saturated rings. The second-order valence-electron chi connectivity index (χ2n) is 4.47. The van der Waals surface area contributed by atoms with Crippen LogP contribution in [0.15, 0.2) is 35.9 Å². The lowest BCUT2D eigenvalue weighted by atomic mass is 10.1. The lowest BCUT2D eigenvalue weighted by Gasteiger charge is -2.00. The molecule has 1 aliphatic carbocycles. The van der Waals surface area contributed by atoms with Crippen LogP contribution in [0.3, 0.4) is 0 Å². The van der Waals surface area contributed by atoms with Crippen LogP contribution < -0.4 is 0 Å². The number of nitrogens with zero attached hydrogens (tertiary/aromatic N) is 1. The largest absolute Gasteiger partial charge is 0.344 e. The number of hydrogen-bond donors (Lipinski definition) is 0. The van der Waals surface area contributed by atoms with Crippen molar-refractivity contribution >= 4 is 23.1 Å². The first-order chi connectivity index (χ1) is 7.77. The third-order valence-corrected chi connectivity index (χ3v) is 3.30. The normalized spacial score (nSPS) is 14.8. The molecule has 0 bridgehead atoms. The number of benzene rings is 1. The summed E-state index contributed by atoms with van der Waals surface area (Å²) in [7, 11) is 2.14. The van der Waals surface area contributed by atoms with E-state index in [2.05, 4.69) is 61.0 Å². The lowest BCUT2D eigenvalue weighted by molar-refractivity contribution is 0.951. The Morgan fingerprint density at radius 2 is 2.00 bits per heavy atom. The molecule has 1 nitrogen and oxygen atoms in total. The Morgan fingerprint density at radius 3 is 2.88 bits per heavy atom. The maximum absolute atomic E-state index is 2.30. The molecule has 0 spiro atoms. The molecule has 1 heterocycles. The number of hydrogen-bond acceptors (Lipinski definition) is 0. The summed E-state index contributed by atoms with van der Waals surface area (Å²) in [4.78, 5) is 0. The monoisotopic (exact) mass is 209 g/mol. The highest BCUT2D eigenvalue weighted by atomic mass is 14.9. The highest BCUT2D eigenvalue weighted by Crippen LogP contribution is 2.30. The Morgan fingerprint density at radius 1 is 1.19 bits per heavy atom. The molecular weight excluding hydrogens is 194 g/mol. The van der Waals surface area contributed by atoms with Gasteiger partial charge in [0.15, 0.2) is 0 Å². The Balaban J connectivity index is 2.45. The Labute approximate surface area is 95.7 Å². The average molecular weight is 209 g/mol. The highest BCUT2D eigenvalue weighted by molar-refractivity contribution is 5.94. The van der Waals surface area contributed by atoms with Gasteiger partial charge in [-0.1, -0.05) is 35.9 Å². The first-order valence-corrected chi connectivity index (χ1v) is 5.68. The topological polar surface area (TPSA) is 4.93 Å². The number of rotatable bonds is 0. The molecule has 1 aromatic heterocycles. The molecule has 16 heavy (non-hydrogen) atoms. The van der Waals surface area contributed by atoms with Gasteiger partial charge >= 0.3 is 0 Å². The van der Waals surface area contributed by atoms with Crippen LogP contribution in [0.5, 0.6) is 0 Å². The van der Waals surface area contributed by atoms with E-state index in [-0.39, 0.29) is 0 Å². The van der Waals surface area contributed by atoms with Crippen molar-refractivity contribution in [2.45, 2.75) is 13.3 Å². The summed E-state index contributed by atoms with van der Waals surface area (Å²) in [5.74, 6) is 0. The van der Waals surface area contributed by atoms with Gasteiger partial charge in [0, 0.05) is 29.2 Å². The molecule has 0 saturated carbocycles. The predicted molar refractivity (Wildman–Crippen MR) is 70.2 cm³/mol. The fourth-order valence-corrected chi connectivity index (χ4v) is 2.45. The van der Waals surface area contributed by atoms with Crippen LogP contribution in [0.1, 0.15) is 24.6 Å². The van der Waals surface area contributed by atoms with E-state index in [1.807, 2.05) is 0 Å². The van der Waals surface area contributed by atoms with E-state index in [9.17, 15) is 0 Å². The summed E-state index contributed by atoms with van der Waals surface area (Å²) in [5.41, 5.74) is 5.41. The highest BCUT2D eigenvalue weighted by Gasteiger charge is 2.12. The van der Waals surface area contributed by atoms with Gasteiger partial charge in [-0.3, -0.25) is 0 Å². The molecule has 0 saturated heterocycles. The number of allylic oxidation sites excluding steroid dienone is 2. The van der Waals surface area contributed by atoms with E-state index >= 15 is 0 Å². The Bertz CT molecular complexity index is 612. The zero-order valence-electron chi connectivity index (χ0n) is 9.70. The van der Waals surface area contributed by atoms with Crippen LogP contribution in [0, 0.1) is 0 Å². The van der Waals surface area contributed by atoms with Crippen molar-refractivity contribution in [1.82, 2.24) is 4.57 Å². The molecule has 1 aliphatic rings. The third-order valence-electron chi connectivity index (χ3n) is 3.30. The second-order valence-corrected chi connectivity index (χ2v) is 4.47. The standard InChI is InChI=1S/C15H15N/c1-11-6-5-8-13-12-7-3-4-9-14(12)16(2)15(13)10-11/h3-5,7-10H,6H2,1-2H3. The van der Waals surface area contributed by atoms with Gasteiger partial charge in [0.2, 0.25) is 0 Å². The summed E-state index contributed by atoms with van der Waals surface area (Å²) in [6.45, 7) is 2.19. The van der Waals surface area contributed by atoms with Crippen LogP contribution >= 0.6 is 0 Å². The Hall–Kier alpha value is -1.76. The molecule has 1 heteroatoms. The summed E-state index contributed by atoms with van der Waals surface area (Å²) >= 11 is 0. The van der Waals surface area contributed by atoms with Crippen LogP contribution in [-0.2, 0) is 7.05 Å². The lowest BCUT2D eigenvalue weighted by Crippen LogP contribution is -1.91. The average Bonchev–Trinajstić information content (AvgIpc) is 2.47. The van der Waals surface area contributed by atoms with E-state index < -0.39 is 0 Å². The molecular formula is C15H15N.